The largest absolute Gasteiger partial charge is 0.376 e. The zero-order valence-electron chi connectivity index (χ0n) is 15.2. The monoisotopic (exact) mass is 336 g/mol. The summed E-state index contributed by atoms with van der Waals surface area (Å²) >= 11 is 0. The van der Waals surface area contributed by atoms with Crippen LogP contribution in [0.4, 0.5) is 0 Å². The average Bonchev–Trinajstić information content (AvgIpc) is 3.33. The molecular formula is C18H32N4O2. The van der Waals surface area contributed by atoms with Crippen LogP contribution < -0.4 is 5.32 Å². The van der Waals surface area contributed by atoms with Gasteiger partial charge in [-0.2, -0.15) is 0 Å². The van der Waals surface area contributed by atoms with Crippen molar-refractivity contribution in [2.45, 2.75) is 44.6 Å². The van der Waals surface area contributed by atoms with Crippen LogP contribution in [0.5, 0.6) is 0 Å². The highest BCUT2D eigenvalue weighted by Crippen LogP contribution is 2.41. The topological polar surface area (TPSA) is 57.2 Å². The van der Waals surface area contributed by atoms with Crippen molar-refractivity contribution in [2.75, 3.05) is 46.9 Å². The van der Waals surface area contributed by atoms with E-state index in [4.69, 9.17) is 4.74 Å². The van der Waals surface area contributed by atoms with Gasteiger partial charge >= 0.3 is 0 Å². The number of rotatable bonds is 5. The molecule has 3 rings (SSSR count). The summed E-state index contributed by atoms with van der Waals surface area (Å²) in [7, 11) is 3.56. The maximum atomic E-state index is 11.9. The molecule has 2 atom stereocenters. The van der Waals surface area contributed by atoms with Gasteiger partial charge in [-0.15, -0.1) is 0 Å². The normalized spacial score (nSPS) is 28.1. The van der Waals surface area contributed by atoms with Crippen molar-refractivity contribution in [3.05, 3.63) is 0 Å². The van der Waals surface area contributed by atoms with Gasteiger partial charge in [0.15, 0.2) is 5.96 Å². The minimum Gasteiger partial charge on any atom is -0.376 e. The molecular weight excluding hydrogens is 304 g/mol. The van der Waals surface area contributed by atoms with E-state index in [1.54, 1.807) is 19.0 Å². The minimum absolute atomic E-state index is 0.0427. The molecule has 2 aliphatic heterocycles. The fourth-order valence-electron chi connectivity index (χ4n) is 3.66. The highest BCUT2D eigenvalue weighted by molar-refractivity contribution is 5.85. The molecule has 1 saturated carbocycles. The SMILES string of the molecule is CN(C)C(=O)CN=C(NCC1CCCCO1)N1CCC(C2CC2)C1. The Morgan fingerprint density at radius 2 is 2.04 bits per heavy atom. The molecule has 24 heavy (non-hydrogen) atoms. The van der Waals surface area contributed by atoms with Gasteiger partial charge < -0.3 is 19.9 Å². The van der Waals surface area contributed by atoms with Crippen LogP contribution in [0.3, 0.4) is 0 Å². The van der Waals surface area contributed by atoms with Crippen LogP contribution in [0.15, 0.2) is 4.99 Å². The lowest BCUT2D eigenvalue weighted by Crippen LogP contribution is -2.45. The lowest BCUT2D eigenvalue weighted by Gasteiger charge is -2.27. The van der Waals surface area contributed by atoms with Crippen molar-refractivity contribution < 1.29 is 9.53 Å². The van der Waals surface area contributed by atoms with Crippen LogP contribution in [-0.2, 0) is 9.53 Å². The number of carbonyl (C=O) groups excluding carboxylic acids is 1. The number of amides is 1. The van der Waals surface area contributed by atoms with Crippen LogP contribution in [0.25, 0.3) is 0 Å². The van der Waals surface area contributed by atoms with Gasteiger partial charge in [-0.25, -0.2) is 4.99 Å². The van der Waals surface area contributed by atoms with Gasteiger partial charge in [0.05, 0.1) is 6.10 Å². The third-order valence-corrected chi connectivity index (χ3v) is 5.44. The summed E-state index contributed by atoms with van der Waals surface area (Å²) < 4.78 is 5.81. The molecule has 1 N–H and O–H groups in total. The zero-order chi connectivity index (χ0) is 16.9. The molecule has 1 aliphatic carbocycles. The smallest absolute Gasteiger partial charge is 0.243 e. The number of likely N-dealkylation sites (tertiary alicyclic amines) is 1. The van der Waals surface area contributed by atoms with E-state index in [9.17, 15) is 4.79 Å². The summed E-state index contributed by atoms with van der Waals surface area (Å²) in [6.45, 7) is 4.00. The Labute approximate surface area is 145 Å². The maximum absolute atomic E-state index is 11.9. The van der Waals surface area contributed by atoms with E-state index in [-0.39, 0.29) is 18.6 Å². The molecule has 0 aromatic rings. The second kappa shape index (κ2) is 8.19. The first-order valence-corrected chi connectivity index (χ1v) is 9.48. The van der Waals surface area contributed by atoms with Gasteiger partial charge in [0.1, 0.15) is 6.54 Å². The molecule has 0 aromatic carbocycles. The standard InChI is InChI=1S/C18H32N4O2/c1-21(2)17(23)12-20-18(19-11-16-5-3-4-10-24-16)22-9-8-15(13-22)14-6-7-14/h14-16H,3-13H2,1-2H3,(H,19,20). The fraction of sp³-hybridized carbons (Fsp3) is 0.889. The van der Waals surface area contributed by atoms with E-state index in [0.717, 1.165) is 50.5 Å². The number of ether oxygens (including phenoxy) is 1. The summed E-state index contributed by atoms with van der Waals surface area (Å²) in [5, 5.41) is 3.49. The molecule has 0 spiro atoms. The van der Waals surface area contributed by atoms with E-state index in [1.165, 1.54) is 32.1 Å². The van der Waals surface area contributed by atoms with Crippen LogP contribution in [0, 0.1) is 11.8 Å². The Balaban J connectivity index is 1.56. The molecule has 0 radical (unpaired) electrons. The second-order valence-corrected chi connectivity index (χ2v) is 7.63. The van der Waals surface area contributed by atoms with Crippen molar-refractivity contribution in [2.24, 2.45) is 16.8 Å². The highest BCUT2D eigenvalue weighted by atomic mass is 16.5. The lowest BCUT2D eigenvalue weighted by molar-refractivity contribution is -0.127. The summed E-state index contributed by atoms with van der Waals surface area (Å²) in [6, 6.07) is 0. The first-order valence-electron chi connectivity index (χ1n) is 9.48. The summed E-state index contributed by atoms with van der Waals surface area (Å²) in [5.41, 5.74) is 0. The van der Waals surface area contributed by atoms with Gasteiger partial charge in [0, 0.05) is 40.3 Å². The molecule has 2 heterocycles. The number of likely N-dealkylation sites (N-methyl/N-ethyl adjacent to an activating group) is 1. The number of aliphatic imine (C=N–C) groups is 1. The molecule has 1 amide bonds. The lowest BCUT2D eigenvalue weighted by atomic mass is 10.0. The third-order valence-electron chi connectivity index (χ3n) is 5.44. The molecule has 0 bridgehead atoms. The van der Waals surface area contributed by atoms with E-state index >= 15 is 0 Å². The molecule has 2 unspecified atom stereocenters. The van der Waals surface area contributed by atoms with Crippen molar-refractivity contribution >= 4 is 11.9 Å². The summed E-state index contributed by atoms with van der Waals surface area (Å²) in [4.78, 5) is 20.5. The number of nitrogens with zero attached hydrogens (tertiary/aromatic N) is 3. The van der Waals surface area contributed by atoms with E-state index in [1.807, 2.05) is 0 Å². The van der Waals surface area contributed by atoms with Crippen molar-refractivity contribution in [1.82, 2.24) is 15.1 Å². The molecule has 3 aliphatic rings. The minimum atomic E-state index is 0.0427. The maximum Gasteiger partial charge on any atom is 0.243 e. The number of nitrogens with one attached hydrogen (secondary N) is 1. The molecule has 0 aromatic heterocycles. The third kappa shape index (κ3) is 4.85. The predicted molar refractivity (Wildman–Crippen MR) is 95.0 cm³/mol. The van der Waals surface area contributed by atoms with E-state index < -0.39 is 0 Å². The van der Waals surface area contributed by atoms with Gasteiger partial charge in [0.2, 0.25) is 5.91 Å². The predicted octanol–water partition coefficient (Wildman–Crippen LogP) is 1.32. The van der Waals surface area contributed by atoms with Gasteiger partial charge in [-0.3, -0.25) is 4.79 Å². The average molecular weight is 336 g/mol. The van der Waals surface area contributed by atoms with Crippen molar-refractivity contribution in [1.29, 1.82) is 0 Å². The summed E-state index contributed by atoms with van der Waals surface area (Å²) in [6.07, 6.45) is 7.85. The number of hydrogen-bond donors (Lipinski definition) is 1. The zero-order valence-corrected chi connectivity index (χ0v) is 15.2. The quantitative estimate of drug-likeness (QED) is 0.608. The Hall–Kier alpha value is -1.30. The molecule has 136 valence electrons. The molecule has 2 saturated heterocycles. The highest BCUT2D eigenvalue weighted by Gasteiger charge is 2.36. The van der Waals surface area contributed by atoms with Gasteiger partial charge in [-0.1, -0.05) is 0 Å². The van der Waals surface area contributed by atoms with E-state index in [0.29, 0.717) is 0 Å². The number of hydrogen-bond acceptors (Lipinski definition) is 3. The molecule has 6 heteroatoms. The van der Waals surface area contributed by atoms with E-state index in [2.05, 4.69) is 15.2 Å². The van der Waals surface area contributed by atoms with Crippen molar-refractivity contribution in [3.63, 3.8) is 0 Å². The number of carbonyl (C=O) groups is 1. The second-order valence-electron chi connectivity index (χ2n) is 7.63. The fourth-order valence-corrected chi connectivity index (χ4v) is 3.66. The number of guanidine groups is 1. The van der Waals surface area contributed by atoms with Crippen LogP contribution >= 0.6 is 0 Å². The van der Waals surface area contributed by atoms with Gasteiger partial charge in [0.25, 0.3) is 0 Å². The Kier molecular flexibility index (Phi) is 5.98. The molecule has 3 fully saturated rings. The van der Waals surface area contributed by atoms with Crippen LogP contribution in [0.1, 0.15) is 38.5 Å². The van der Waals surface area contributed by atoms with Gasteiger partial charge in [-0.05, 0) is 50.4 Å². The van der Waals surface area contributed by atoms with Crippen LogP contribution in [0.2, 0.25) is 0 Å². The van der Waals surface area contributed by atoms with Crippen LogP contribution in [-0.4, -0.2) is 74.7 Å². The molecule has 6 nitrogen and oxygen atoms in total. The Morgan fingerprint density at radius 3 is 2.71 bits per heavy atom. The summed E-state index contributed by atoms with van der Waals surface area (Å²) in [5.74, 6) is 2.68. The van der Waals surface area contributed by atoms with Crippen molar-refractivity contribution in [3.8, 4) is 0 Å². The first kappa shape index (κ1) is 17.5. The Morgan fingerprint density at radius 1 is 1.21 bits per heavy atom. The first-order chi connectivity index (χ1) is 11.6. The Bertz CT molecular complexity index is 456.